The van der Waals surface area contributed by atoms with E-state index in [2.05, 4.69) is 20.3 Å². The van der Waals surface area contributed by atoms with Crippen molar-refractivity contribution in [1.82, 2.24) is 15.6 Å². The van der Waals surface area contributed by atoms with Crippen molar-refractivity contribution in [3.8, 4) is 0 Å². The van der Waals surface area contributed by atoms with E-state index in [1.54, 1.807) is 5.38 Å². The van der Waals surface area contributed by atoms with Crippen LogP contribution in [0.25, 0.3) is 0 Å². The molecule has 8 nitrogen and oxygen atoms in total. The molecule has 1 aromatic carbocycles. The molecule has 2 unspecified atom stereocenters. The summed E-state index contributed by atoms with van der Waals surface area (Å²) in [6.45, 7) is 0.157. The third kappa shape index (κ3) is 7.18. The summed E-state index contributed by atoms with van der Waals surface area (Å²) in [6.07, 6.45) is -0.971. The summed E-state index contributed by atoms with van der Waals surface area (Å²) in [5.74, 6) is -0.843. The Morgan fingerprint density at radius 1 is 1.19 bits per heavy atom. The number of anilines is 1. The number of hydrogen-bond donors (Lipinski definition) is 5. The highest BCUT2D eigenvalue weighted by atomic mass is 32.2. The van der Waals surface area contributed by atoms with Crippen molar-refractivity contribution in [2.24, 2.45) is 0 Å². The Bertz CT molecular complexity index is 742. The molecule has 0 spiro atoms. The maximum atomic E-state index is 12.0. The van der Waals surface area contributed by atoms with E-state index in [0.717, 1.165) is 5.56 Å². The zero-order valence-corrected chi connectivity index (χ0v) is 16.3. The summed E-state index contributed by atoms with van der Waals surface area (Å²) >= 11 is 2.65. The topological polar surface area (TPSA) is 124 Å². The van der Waals surface area contributed by atoms with Gasteiger partial charge in [0.25, 0.3) is 5.91 Å². The minimum atomic E-state index is -1.29. The van der Waals surface area contributed by atoms with Gasteiger partial charge in [-0.2, -0.15) is 0 Å². The fourth-order valence-corrected chi connectivity index (χ4v) is 3.33. The van der Waals surface area contributed by atoms with Crippen molar-refractivity contribution >= 4 is 40.2 Å². The second-order valence-electron chi connectivity index (χ2n) is 5.66. The summed E-state index contributed by atoms with van der Waals surface area (Å²) in [6, 6.07) is 9.36. The first-order valence-electron chi connectivity index (χ1n) is 8.19. The molecule has 0 radical (unpaired) electrons. The zero-order chi connectivity index (χ0) is 19.6. The maximum Gasteiger partial charge on any atom is 0.270 e. The van der Waals surface area contributed by atoms with E-state index in [1.165, 1.54) is 23.3 Å². The quantitative estimate of drug-likeness (QED) is 0.370. The Morgan fingerprint density at radius 3 is 2.63 bits per heavy atom. The Kier molecular flexibility index (Phi) is 8.52. The van der Waals surface area contributed by atoms with E-state index in [0.29, 0.717) is 11.7 Å². The van der Waals surface area contributed by atoms with Crippen molar-refractivity contribution in [1.29, 1.82) is 0 Å². The molecule has 0 saturated carbocycles. The Balaban J connectivity index is 1.71. The molecule has 0 aliphatic carbocycles. The number of amides is 2. The van der Waals surface area contributed by atoms with E-state index in [1.807, 2.05) is 36.6 Å². The van der Waals surface area contributed by atoms with Crippen LogP contribution in [-0.4, -0.2) is 52.0 Å². The maximum absolute atomic E-state index is 12.0. The van der Waals surface area contributed by atoms with Gasteiger partial charge in [-0.25, -0.2) is 4.98 Å². The third-order valence-electron chi connectivity index (χ3n) is 3.57. The number of aromatic nitrogens is 1. The fourth-order valence-electron chi connectivity index (χ4n) is 2.13. The molecule has 2 aromatic rings. The minimum Gasteiger partial charge on any atom is -0.390 e. The van der Waals surface area contributed by atoms with Crippen molar-refractivity contribution in [2.45, 2.75) is 25.2 Å². The molecular weight excluding hydrogens is 388 g/mol. The fraction of sp³-hybridized carbons (Fsp3) is 0.353. The molecule has 1 aromatic heterocycles. The normalized spacial score (nSPS) is 12.9. The second kappa shape index (κ2) is 10.9. The molecule has 1 heterocycles. The first-order valence-corrected chi connectivity index (χ1v) is 10.3. The molecule has 27 heavy (non-hydrogen) atoms. The monoisotopic (exact) mass is 410 g/mol. The first kappa shape index (κ1) is 21.2. The van der Waals surface area contributed by atoms with E-state index >= 15 is 0 Å². The van der Waals surface area contributed by atoms with Crippen LogP contribution >= 0.6 is 23.3 Å². The third-order valence-corrected chi connectivity index (χ3v) is 4.85. The van der Waals surface area contributed by atoms with Crippen LogP contribution in [0.3, 0.4) is 0 Å². The van der Waals surface area contributed by atoms with E-state index < -0.39 is 18.1 Å². The van der Waals surface area contributed by atoms with E-state index in [-0.39, 0.29) is 24.6 Å². The summed E-state index contributed by atoms with van der Waals surface area (Å²) in [5, 5.41) is 27.3. The molecule has 0 fully saturated rings. The van der Waals surface area contributed by atoms with Crippen LogP contribution in [0.2, 0.25) is 0 Å². The lowest BCUT2D eigenvalue weighted by Crippen LogP contribution is -2.41. The predicted molar refractivity (Wildman–Crippen MR) is 107 cm³/mol. The lowest BCUT2D eigenvalue weighted by molar-refractivity contribution is -0.124. The molecule has 0 saturated heterocycles. The molecule has 10 heteroatoms. The number of aliphatic hydroxyl groups is 2. The molecular formula is C17H22N4O4S2. The number of aliphatic hydroxyl groups excluding tert-OH is 2. The molecule has 5 N–H and O–H groups in total. The smallest absolute Gasteiger partial charge is 0.270 e. The van der Waals surface area contributed by atoms with Crippen molar-refractivity contribution < 1.29 is 19.8 Å². The number of rotatable bonds is 10. The molecule has 2 rings (SSSR count). The molecule has 146 valence electrons. The van der Waals surface area contributed by atoms with Crippen molar-refractivity contribution in [3.63, 3.8) is 0 Å². The van der Waals surface area contributed by atoms with Crippen molar-refractivity contribution in [2.75, 3.05) is 17.5 Å². The largest absolute Gasteiger partial charge is 0.390 e. The number of nitrogens with zero attached hydrogens (tertiary/aromatic N) is 1. The van der Waals surface area contributed by atoms with Crippen LogP contribution in [0.1, 0.15) is 22.5 Å². The number of nitrogens with one attached hydrogen (secondary N) is 3. The standard InChI is InChI=1S/C17H22N4O4S2/c1-26-21-17-20-12(10-27-17)16(25)19-9-14(23)13(22)7-15(24)18-8-11-5-3-2-4-6-11/h2-6,10,13-14,22-23H,7-9H2,1H3,(H,18,24)(H,19,25)(H,20,21). The Hall–Kier alpha value is -2.14. The highest BCUT2D eigenvalue weighted by Crippen LogP contribution is 2.17. The van der Waals surface area contributed by atoms with Gasteiger partial charge in [-0.05, 0) is 5.56 Å². The molecule has 0 aliphatic heterocycles. The van der Waals surface area contributed by atoms with Gasteiger partial charge < -0.3 is 25.6 Å². The molecule has 0 aliphatic rings. The van der Waals surface area contributed by atoms with Crippen LogP contribution in [-0.2, 0) is 11.3 Å². The van der Waals surface area contributed by atoms with E-state index in [9.17, 15) is 19.8 Å². The van der Waals surface area contributed by atoms with Gasteiger partial charge in [-0.15, -0.1) is 11.3 Å². The molecule has 2 amide bonds. The van der Waals surface area contributed by atoms with Crippen LogP contribution in [0.15, 0.2) is 35.7 Å². The van der Waals surface area contributed by atoms with Gasteiger partial charge in [0.15, 0.2) is 5.13 Å². The summed E-state index contributed by atoms with van der Waals surface area (Å²) in [5.41, 5.74) is 1.16. The summed E-state index contributed by atoms with van der Waals surface area (Å²) in [7, 11) is 0. The SMILES string of the molecule is CSNc1nc(C(=O)NCC(O)C(O)CC(=O)NCc2ccccc2)cs1. The average Bonchev–Trinajstić information content (AvgIpc) is 3.14. The average molecular weight is 411 g/mol. The van der Waals surface area contributed by atoms with Gasteiger partial charge in [0.2, 0.25) is 5.91 Å². The van der Waals surface area contributed by atoms with Crippen LogP contribution in [0.5, 0.6) is 0 Å². The number of hydrogen-bond acceptors (Lipinski definition) is 8. The Labute approximate surface area is 165 Å². The number of carbonyl (C=O) groups is 2. The highest BCUT2D eigenvalue weighted by molar-refractivity contribution is 8.00. The van der Waals surface area contributed by atoms with Gasteiger partial charge in [0.05, 0.1) is 18.6 Å². The van der Waals surface area contributed by atoms with E-state index in [4.69, 9.17) is 0 Å². The van der Waals surface area contributed by atoms with Gasteiger partial charge in [0.1, 0.15) is 5.69 Å². The number of carbonyl (C=O) groups excluding carboxylic acids is 2. The predicted octanol–water partition coefficient (Wildman–Crippen LogP) is 0.991. The zero-order valence-electron chi connectivity index (χ0n) is 14.7. The highest BCUT2D eigenvalue weighted by Gasteiger charge is 2.21. The minimum absolute atomic E-state index is 0.186. The molecule has 2 atom stereocenters. The van der Waals surface area contributed by atoms with Gasteiger partial charge >= 0.3 is 0 Å². The van der Waals surface area contributed by atoms with Crippen LogP contribution in [0.4, 0.5) is 5.13 Å². The first-order chi connectivity index (χ1) is 13.0. The lowest BCUT2D eigenvalue weighted by atomic mass is 10.1. The second-order valence-corrected chi connectivity index (χ2v) is 7.13. The Morgan fingerprint density at radius 2 is 1.93 bits per heavy atom. The van der Waals surface area contributed by atoms with Gasteiger partial charge in [0, 0.05) is 24.7 Å². The lowest BCUT2D eigenvalue weighted by Gasteiger charge is -2.17. The van der Waals surface area contributed by atoms with Crippen LogP contribution < -0.4 is 15.4 Å². The van der Waals surface area contributed by atoms with Gasteiger partial charge in [-0.3, -0.25) is 9.59 Å². The summed E-state index contributed by atoms with van der Waals surface area (Å²) in [4.78, 5) is 28.0. The van der Waals surface area contributed by atoms with Gasteiger partial charge in [-0.1, -0.05) is 42.3 Å². The van der Waals surface area contributed by atoms with Crippen LogP contribution in [0, 0.1) is 0 Å². The summed E-state index contributed by atoms with van der Waals surface area (Å²) < 4.78 is 2.92. The number of thiazole rings is 1. The van der Waals surface area contributed by atoms with Crippen molar-refractivity contribution in [3.05, 3.63) is 47.0 Å². The molecule has 0 bridgehead atoms. The number of benzene rings is 1.